The molecule has 0 amide bonds. The highest BCUT2D eigenvalue weighted by atomic mass is 32.2. The van der Waals surface area contributed by atoms with Crippen LogP contribution in [0.25, 0.3) is 0 Å². The van der Waals surface area contributed by atoms with Crippen LogP contribution in [-0.4, -0.2) is 25.5 Å². The van der Waals surface area contributed by atoms with Crippen LogP contribution in [0.3, 0.4) is 0 Å². The van der Waals surface area contributed by atoms with Gasteiger partial charge < -0.3 is 5.11 Å². The Morgan fingerprint density at radius 1 is 1.17 bits per heavy atom. The van der Waals surface area contributed by atoms with E-state index >= 15 is 0 Å². The van der Waals surface area contributed by atoms with Crippen molar-refractivity contribution in [3.05, 3.63) is 65.5 Å². The first-order chi connectivity index (χ1) is 10.8. The summed E-state index contributed by atoms with van der Waals surface area (Å²) in [5.41, 5.74) is 1.01. The second-order valence-electron chi connectivity index (χ2n) is 5.12. The average molecular weight is 337 g/mol. The predicted molar refractivity (Wildman–Crippen MR) is 83.0 cm³/mol. The lowest BCUT2D eigenvalue weighted by molar-refractivity contribution is -0.138. The molecule has 0 aromatic heterocycles. The molecule has 0 saturated heterocycles. The van der Waals surface area contributed by atoms with Crippen molar-refractivity contribution >= 4 is 16.0 Å². The first-order valence-electron chi connectivity index (χ1n) is 6.85. The highest BCUT2D eigenvalue weighted by Gasteiger charge is 2.26. The fraction of sp³-hybridized carbons (Fsp3) is 0.188. The molecule has 0 fully saturated rings. The maximum absolute atomic E-state index is 13.6. The van der Waals surface area contributed by atoms with Gasteiger partial charge in [-0.2, -0.15) is 4.72 Å². The third-order valence-corrected chi connectivity index (χ3v) is 4.80. The molecular weight excluding hydrogens is 321 g/mol. The molecule has 0 saturated carbocycles. The third-order valence-electron chi connectivity index (χ3n) is 3.31. The molecule has 2 N–H and O–H groups in total. The van der Waals surface area contributed by atoms with E-state index in [2.05, 4.69) is 4.72 Å². The van der Waals surface area contributed by atoms with E-state index < -0.39 is 27.9 Å². The highest BCUT2D eigenvalue weighted by molar-refractivity contribution is 7.89. The molecule has 23 heavy (non-hydrogen) atoms. The van der Waals surface area contributed by atoms with Gasteiger partial charge in [-0.05, 0) is 30.7 Å². The van der Waals surface area contributed by atoms with Crippen molar-refractivity contribution < 1.29 is 22.7 Å². The molecule has 0 bridgehead atoms. The summed E-state index contributed by atoms with van der Waals surface area (Å²) >= 11 is 0. The van der Waals surface area contributed by atoms with E-state index in [9.17, 15) is 22.7 Å². The van der Waals surface area contributed by atoms with Crippen LogP contribution in [0.2, 0.25) is 0 Å². The molecule has 0 aliphatic heterocycles. The number of carboxylic acid groups (broad SMARTS) is 1. The third kappa shape index (κ3) is 4.37. The Balaban J connectivity index is 2.24. The maximum Gasteiger partial charge on any atom is 0.322 e. The Hall–Kier alpha value is -2.25. The number of aryl methyl sites for hydroxylation is 1. The van der Waals surface area contributed by atoms with E-state index in [1.165, 1.54) is 30.3 Å². The minimum absolute atomic E-state index is 0.0390. The van der Waals surface area contributed by atoms with Gasteiger partial charge in [0.05, 0.1) is 4.90 Å². The Bertz CT molecular complexity index is 803. The zero-order chi connectivity index (χ0) is 17.0. The SMILES string of the molecule is Cc1ccc(S(=O)(=O)N[C@@H](Cc2ccccc2F)C(=O)O)cc1. The van der Waals surface area contributed by atoms with Crippen molar-refractivity contribution in [1.29, 1.82) is 0 Å². The lowest BCUT2D eigenvalue weighted by atomic mass is 10.1. The summed E-state index contributed by atoms with van der Waals surface area (Å²) in [5.74, 6) is -1.95. The minimum atomic E-state index is -4.01. The number of hydrogen-bond acceptors (Lipinski definition) is 3. The van der Waals surface area contributed by atoms with Crippen LogP contribution in [0.4, 0.5) is 4.39 Å². The van der Waals surface area contributed by atoms with E-state index in [0.717, 1.165) is 5.56 Å². The van der Waals surface area contributed by atoms with Crippen LogP contribution < -0.4 is 4.72 Å². The quantitative estimate of drug-likeness (QED) is 0.846. The average Bonchev–Trinajstić information content (AvgIpc) is 2.49. The number of carbonyl (C=O) groups is 1. The number of sulfonamides is 1. The van der Waals surface area contributed by atoms with Crippen LogP contribution in [0.5, 0.6) is 0 Å². The Labute approximate surface area is 133 Å². The summed E-state index contributed by atoms with van der Waals surface area (Å²) in [6.07, 6.45) is -0.285. The molecule has 122 valence electrons. The van der Waals surface area contributed by atoms with Crippen molar-refractivity contribution in [2.24, 2.45) is 0 Å². The van der Waals surface area contributed by atoms with Gasteiger partial charge in [0.1, 0.15) is 11.9 Å². The molecule has 1 atom stereocenters. The van der Waals surface area contributed by atoms with Crippen LogP contribution in [0.15, 0.2) is 53.4 Å². The fourth-order valence-corrected chi connectivity index (χ4v) is 3.23. The standard InChI is InChI=1S/C16H16FNO4S/c1-11-6-8-13(9-7-11)23(21,22)18-15(16(19)20)10-12-4-2-3-5-14(12)17/h2-9,15,18H,10H2,1H3,(H,19,20)/t15-/m0/s1. The van der Waals surface area contributed by atoms with Gasteiger partial charge in [-0.1, -0.05) is 35.9 Å². The molecule has 0 radical (unpaired) electrons. The summed E-state index contributed by atoms with van der Waals surface area (Å²) in [7, 11) is -4.01. The van der Waals surface area contributed by atoms with Crippen molar-refractivity contribution in [2.75, 3.05) is 0 Å². The minimum Gasteiger partial charge on any atom is -0.480 e. The van der Waals surface area contributed by atoms with Crippen LogP contribution in [0.1, 0.15) is 11.1 Å². The number of hydrogen-bond donors (Lipinski definition) is 2. The van der Waals surface area contributed by atoms with E-state index in [4.69, 9.17) is 0 Å². The summed E-state index contributed by atoms with van der Waals surface area (Å²) in [5, 5.41) is 9.23. The van der Waals surface area contributed by atoms with Gasteiger partial charge in [-0.15, -0.1) is 0 Å². The summed E-state index contributed by atoms with van der Waals surface area (Å²) in [6.45, 7) is 1.81. The fourth-order valence-electron chi connectivity index (χ4n) is 2.04. The number of rotatable bonds is 6. The molecule has 7 heteroatoms. The van der Waals surface area contributed by atoms with Gasteiger partial charge in [0, 0.05) is 6.42 Å². The van der Waals surface area contributed by atoms with Gasteiger partial charge in [-0.3, -0.25) is 4.79 Å². The normalized spacial score (nSPS) is 12.8. The van der Waals surface area contributed by atoms with E-state index in [1.54, 1.807) is 18.2 Å². The molecule has 5 nitrogen and oxygen atoms in total. The molecule has 0 spiro atoms. The monoisotopic (exact) mass is 337 g/mol. The Kier molecular flexibility index (Phi) is 5.12. The largest absolute Gasteiger partial charge is 0.480 e. The molecule has 0 aliphatic carbocycles. The molecule has 0 heterocycles. The molecule has 2 aromatic carbocycles. The summed E-state index contributed by atoms with van der Waals surface area (Å²) < 4.78 is 40.3. The topological polar surface area (TPSA) is 83.5 Å². The number of aliphatic carboxylic acids is 1. The molecule has 2 aromatic rings. The highest BCUT2D eigenvalue weighted by Crippen LogP contribution is 2.14. The summed E-state index contributed by atoms with van der Waals surface area (Å²) in [6, 6.07) is 10.2. The van der Waals surface area contributed by atoms with Gasteiger partial charge >= 0.3 is 5.97 Å². The molecule has 0 aliphatic rings. The predicted octanol–water partition coefficient (Wildman–Crippen LogP) is 2.11. The van der Waals surface area contributed by atoms with Crippen molar-refractivity contribution in [3.8, 4) is 0 Å². The van der Waals surface area contributed by atoms with Crippen molar-refractivity contribution in [2.45, 2.75) is 24.3 Å². The van der Waals surface area contributed by atoms with E-state index in [-0.39, 0.29) is 16.9 Å². The zero-order valence-electron chi connectivity index (χ0n) is 12.4. The zero-order valence-corrected chi connectivity index (χ0v) is 13.2. The van der Waals surface area contributed by atoms with Gasteiger partial charge in [0.25, 0.3) is 0 Å². The number of nitrogens with one attached hydrogen (secondary N) is 1. The second kappa shape index (κ2) is 6.89. The summed E-state index contributed by atoms with van der Waals surface area (Å²) in [4.78, 5) is 11.3. The maximum atomic E-state index is 13.6. The van der Waals surface area contributed by atoms with E-state index in [0.29, 0.717) is 0 Å². The smallest absolute Gasteiger partial charge is 0.322 e. The van der Waals surface area contributed by atoms with E-state index in [1.807, 2.05) is 6.92 Å². The Morgan fingerprint density at radius 3 is 2.35 bits per heavy atom. The second-order valence-corrected chi connectivity index (χ2v) is 6.83. The number of halogens is 1. The molecule has 0 unspecified atom stereocenters. The Morgan fingerprint density at radius 2 is 1.78 bits per heavy atom. The van der Waals surface area contributed by atoms with Gasteiger partial charge in [0.2, 0.25) is 10.0 Å². The first kappa shape index (κ1) is 17.1. The van der Waals surface area contributed by atoms with Crippen molar-refractivity contribution in [3.63, 3.8) is 0 Å². The lowest BCUT2D eigenvalue weighted by Crippen LogP contribution is -2.42. The molecular formula is C16H16FNO4S. The van der Waals surface area contributed by atoms with Gasteiger partial charge in [-0.25, -0.2) is 12.8 Å². The van der Waals surface area contributed by atoms with Gasteiger partial charge in [0.15, 0.2) is 0 Å². The van der Waals surface area contributed by atoms with Crippen LogP contribution >= 0.6 is 0 Å². The van der Waals surface area contributed by atoms with Crippen LogP contribution in [0, 0.1) is 12.7 Å². The molecule has 2 rings (SSSR count). The first-order valence-corrected chi connectivity index (χ1v) is 8.33. The lowest BCUT2D eigenvalue weighted by Gasteiger charge is -2.15. The van der Waals surface area contributed by atoms with Crippen molar-refractivity contribution in [1.82, 2.24) is 4.72 Å². The number of carboxylic acids is 1. The van der Waals surface area contributed by atoms with Crippen LogP contribution in [-0.2, 0) is 21.2 Å². The number of benzene rings is 2.